The van der Waals surface area contributed by atoms with Gasteiger partial charge < -0.3 is 14.4 Å². The van der Waals surface area contributed by atoms with Gasteiger partial charge in [0.05, 0.1) is 6.33 Å². The number of anilines is 1. The normalized spacial score (nSPS) is 18.4. The number of nitrogens with one attached hydrogen (secondary N) is 1. The molecular weight excluding hydrogens is 232 g/mol. The van der Waals surface area contributed by atoms with E-state index in [1.54, 1.807) is 13.0 Å². The number of carbonyl (C=O) groups excluding carboxylic acids is 1. The van der Waals surface area contributed by atoms with Crippen LogP contribution in [0, 0.1) is 12.8 Å². The first kappa shape index (κ1) is 11.0. The zero-order valence-electron chi connectivity index (χ0n) is 10.1. The Labute approximate surface area is 104 Å². The van der Waals surface area contributed by atoms with Gasteiger partial charge in [-0.25, -0.2) is 4.98 Å². The summed E-state index contributed by atoms with van der Waals surface area (Å²) in [6.45, 7) is 2.63. The van der Waals surface area contributed by atoms with Gasteiger partial charge in [-0.3, -0.25) is 4.79 Å². The van der Waals surface area contributed by atoms with Crippen molar-refractivity contribution in [3.05, 3.63) is 30.0 Å². The first-order chi connectivity index (χ1) is 8.72. The number of hydrogen-bond donors (Lipinski definition) is 1. The minimum absolute atomic E-state index is 0.00394. The summed E-state index contributed by atoms with van der Waals surface area (Å²) in [5, 5.41) is 6.54. The molecule has 0 bridgehead atoms. The van der Waals surface area contributed by atoms with Gasteiger partial charge in [-0.2, -0.15) is 0 Å². The largest absolute Gasteiger partial charge is 0.360 e. The highest BCUT2D eigenvalue weighted by Crippen LogP contribution is 2.21. The Morgan fingerprint density at radius 1 is 1.61 bits per heavy atom. The lowest BCUT2D eigenvalue weighted by Gasteiger charge is -2.22. The highest BCUT2D eigenvalue weighted by molar-refractivity contribution is 5.91. The van der Waals surface area contributed by atoms with Gasteiger partial charge in [0.2, 0.25) is 5.91 Å². The number of rotatable bonds is 2. The smallest absolute Gasteiger partial charge is 0.229 e. The minimum Gasteiger partial charge on any atom is -0.360 e. The molecule has 1 N–H and O–H groups in total. The molecule has 18 heavy (non-hydrogen) atoms. The topological polar surface area (TPSA) is 73.0 Å². The summed E-state index contributed by atoms with van der Waals surface area (Å²) in [5.41, 5.74) is 1.11. The van der Waals surface area contributed by atoms with E-state index in [0.29, 0.717) is 11.6 Å². The van der Waals surface area contributed by atoms with E-state index in [0.717, 1.165) is 25.1 Å². The minimum atomic E-state index is -0.0220. The van der Waals surface area contributed by atoms with Crippen LogP contribution < -0.4 is 5.32 Å². The molecule has 3 heterocycles. The highest BCUT2D eigenvalue weighted by atomic mass is 16.5. The first-order valence-corrected chi connectivity index (χ1v) is 5.95. The maximum atomic E-state index is 12.1. The van der Waals surface area contributed by atoms with Gasteiger partial charge in [-0.15, -0.1) is 0 Å². The summed E-state index contributed by atoms with van der Waals surface area (Å²) in [7, 11) is 0. The molecule has 1 unspecified atom stereocenters. The lowest BCUT2D eigenvalue weighted by Crippen LogP contribution is -2.30. The van der Waals surface area contributed by atoms with Crippen LogP contribution in [-0.4, -0.2) is 20.6 Å². The second-order valence-corrected chi connectivity index (χ2v) is 4.58. The maximum absolute atomic E-state index is 12.1. The van der Waals surface area contributed by atoms with Crippen LogP contribution in [0.1, 0.15) is 17.9 Å². The van der Waals surface area contributed by atoms with Crippen molar-refractivity contribution >= 4 is 11.7 Å². The molecule has 0 saturated carbocycles. The summed E-state index contributed by atoms with van der Waals surface area (Å²) in [5.74, 6) is 1.14. The molecular formula is C12H14N4O2. The van der Waals surface area contributed by atoms with Crippen LogP contribution in [0.25, 0.3) is 0 Å². The van der Waals surface area contributed by atoms with Crippen LogP contribution >= 0.6 is 0 Å². The van der Waals surface area contributed by atoms with Gasteiger partial charge in [0.1, 0.15) is 5.76 Å². The van der Waals surface area contributed by atoms with E-state index >= 15 is 0 Å². The monoisotopic (exact) mass is 246 g/mol. The van der Waals surface area contributed by atoms with Gasteiger partial charge in [0.15, 0.2) is 5.82 Å². The summed E-state index contributed by atoms with van der Waals surface area (Å²) in [6.07, 6.45) is 5.18. The third-order valence-corrected chi connectivity index (χ3v) is 3.22. The lowest BCUT2D eigenvalue weighted by molar-refractivity contribution is -0.120. The molecule has 1 amide bonds. The fourth-order valence-corrected chi connectivity index (χ4v) is 2.25. The third kappa shape index (κ3) is 2.01. The zero-order chi connectivity index (χ0) is 12.5. The van der Waals surface area contributed by atoms with Crippen LogP contribution in [0.5, 0.6) is 0 Å². The van der Waals surface area contributed by atoms with Crippen LogP contribution in [0.4, 0.5) is 5.82 Å². The quantitative estimate of drug-likeness (QED) is 0.868. The van der Waals surface area contributed by atoms with Crippen molar-refractivity contribution in [2.45, 2.75) is 26.3 Å². The molecule has 6 nitrogen and oxygen atoms in total. The zero-order valence-corrected chi connectivity index (χ0v) is 10.1. The average molecular weight is 246 g/mol. The second kappa shape index (κ2) is 4.29. The summed E-state index contributed by atoms with van der Waals surface area (Å²) in [6, 6.07) is 1.71. The molecule has 1 aliphatic rings. The Morgan fingerprint density at radius 3 is 3.28 bits per heavy atom. The SMILES string of the molecule is Cc1cc(NC(=O)C2CCn3cncc3C2)no1. The molecule has 0 aromatic carbocycles. The van der Waals surface area contributed by atoms with Crippen molar-refractivity contribution in [1.29, 1.82) is 0 Å². The van der Waals surface area contributed by atoms with Crippen LogP contribution in [-0.2, 0) is 17.8 Å². The fourth-order valence-electron chi connectivity index (χ4n) is 2.25. The Balaban J connectivity index is 1.67. The van der Waals surface area contributed by atoms with E-state index in [2.05, 4.69) is 20.0 Å². The van der Waals surface area contributed by atoms with Crippen LogP contribution in [0.2, 0.25) is 0 Å². The van der Waals surface area contributed by atoms with Crippen LogP contribution in [0.3, 0.4) is 0 Å². The predicted octanol–water partition coefficient (Wildman–Crippen LogP) is 1.38. The molecule has 0 radical (unpaired) electrons. The number of amides is 1. The van der Waals surface area contributed by atoms with Crippen molar-refractivity contribution in [2.24, 2.45) is 5.92 Å². The van der Waals surface area contributed by atoms with E-state index < -0.39 is 0 Å². The van der Waals surface area contributed by atoms with E-state index in [4.69, 9.17) is 4.52 Å². The maximum Gasteiger partial charge on any atom is 0.229 e. The van der Waals surface area contributed by atoms with Crippen molar-refractivity contribution in [1.82, 2.24) is 14.7 Å². The van der Waals surface area contributed by atoms with Gasteiger partial charge in [-0.1, -0.05) is 5.16 Å². The number of fused-ring (bicyclic) bond motifs is 1. The van der Waals surface area contributed by atoms with Crippen molar-refractivity contribution in [3.8, 4) is 0 Å². The molecule has 1 aliphatic heterocycles. The van der Waals surface area contributed by atoms with E-state index in [1.165, 1.54) is 0 Å². The van der Waals surface area contributed by atoms with Crippen molar-refractivity contribution in [3.63, 3.8) is 0 Å². The molecule has 2 aromatic heterocycles. The second-order valence-electron chi connectivity index (χ2n) is 4.58. The number of carbonyl (C=O) groups is 1. The molecule has 0 spiro atoms. The standard InChI is InChI=1S/C12H14N4O2/c1-8-4-11(15-18-8)14-12(17)9-2-3-16-7-13-6-10(16)5-9/h4,6-7,9H,2-3,5H2,1H3,(H,14,15,17). The summed E-state index contributed by atoms with van der Waals surface area (Å²) < 4.78 is 7.01. The Bertz CT molecular complexity index is 572. The van der Waals surface area contributed by atoms with E-state index in [-0.39, 0.29) is 11.8 Å². The Kier molecular flexibility index (Phi) is 2.62. The Hall–Kier alpha value is -2.11. The van der Waals surface area contributed by atoms with Gasteiger partial charge in [0, 0.05) is 36.8 Å². The number of imidazole rings is 1. The molecule has 94 valence electrons. The highest BCUT2D eigenvalue weighted by Gasteiger charge is 2.25. The van der Waals surface area contributed by atoms with E-state index in [9.17, 15) is 4.79 Å². The number of nitrogens with zero attached hydrogens (tertiary/aromatic N) is 3. The Morgan fingerprint density at radius 2 is 2.50 bits per heavy atom. The predicted molar refractivity (Wildman–Crippen MR) is 63.9 cm³/mol. The molecule has 1 atom stereocenters. The van der Waals surface area contributed by atoms with Crippen LogP contribution in [0.15, 0.2) is 23.1 Å². The average Bonchev–Trinajstić information content (AvgIpc) is 2.96. The number of aryl methyl sites for hydroxylation is 2. The molecule has 2 aromatic rings. The molecule has 0 fully saturated rings. The summed E-state index contributed by atoms with van der Waals surface area (Å²) in [4.78, 5) is 16.2. The van der Waals surface area contributed by atoms with Crippen molar-refractivity contribution in [2.75, 3.05) is 5.32 Å². The number of hydrogen-bond acceptors (Lipinski definition) is 4. The summed E-state index contributed by atoms with van der Waals surface area (Å²) >= 11 is 0. The fraction of sp³-hybridized carbons (Fsp3) is 0.417. The molecule has 6 heteroatoms. The van der Waals surface area contributed by atoms with Crippen molar-refractivity contribution < 1.29 is 9.32 Å². The molecule has 0 aliphatic carbocycles. The van der Waals surface area contributed by atoms with Gasteiger partial charge in [-0.05, 0) is 13.3 Å². The lowest BCUT2D eigenvalue weighted by atomic mass is 9.95. The molecule has 0 saturated heterocycles. The van der Waals surface area contributed by atoms with Gasteiger partial charge >= 0.3 is 0 Å². The van der Waals surface area contributed by atoms with E-state index in [1.807, 2.05) is 12.5 Å². The van der Waals surface area contributed by atoms with Gasteiger partial charge in [0.25, 0.3) is 0 Å². The molecule has 3 rings (SSSR count). The number of aromatic nitrogens is 3. The third-order valence-electron chi connectivity index (χ3n) is 3.22. The first-order valence-electron chi connectivity index (χ1n) is 5.95.